The van der Waals surface area contributed by atoms with E-state index in [1.54, 1.807) is 0 Å². The summed E-state index contributed by atoms with van der Waals surface area (Å²) in [5, 5.41) is -0.577. The molecule has 106 valence electrons. The quantitative estimate of drug-likeness (QED) is 0.679. The van der Waals surface area contributed by atoms with Gasteiger partial charge in [0, 0.05) is 12.6 Å². The summed E-state index contributed by atoms with van der Waals surface area (Å²) in [4.78, 5) is 14.5. The highest BCUT2D eigenvalue weighted by molar-refractivity contribution is 6.30. The molecule has 0 aliphatic carbocycles. The maximum absolute atomic E-state index is 12.5. The van der Waals surface area contributed by atoms with Gasteiger partial charge in [-0.1, -0.05) is 50.6 Å². The molecule has 0 saturated carbocycles. The Bertz CT molecular complexity index is 380. The van der Waals surface area contributed by atoms with Crippen molar-refractivity contribution in [1.29, 1.82) is 0 Å². The van der Waals surface area contributed by atoms with E-state index in [4.69, 9.17) is 11.6 Å². The van der Waals surface area contributed by atoms with Crippen molar-refractivity contribution in [3.05, 3.63) is 35.9 Å². The molecule has 0 heterocycles. The second-order valence-electron chi connectivity index (χ2n) is 4.92. The van der Waals surface area contributed by atoms with Crippen molar-refractivity contribution in [2.75, 3.05) is 6.54 Å². The SMILES string of the molecule is CCCCN(C(=O)C(Cl)c1ccccc1)C(C)CC. The van der Waals surface area contributed by atoms with Gasteiger partial charge in [0.15, 0.2) is 0 Å². The van der Waals surface area contributed by atoms with E-state index in [1.807, 2.05) is 35.2 Å². The summed E-state index contributed by atoms with van der Waals surface area (Å²) in [6, 6.07) is 9.81. The van der Waals surface area contributed by atoms with Crippen LogP contribution in [0.2, 0.25) is 0 Å². The first-order chi connectivity index (χ1) is 9.11. The van der Waals surface area contributed by atoms with Crippen molar-refractivity contribution in [2.24, 2.45) is 0 Å². The van der Waals surface area contributed by atoms with Crippen LogP contribution in [0.1, 0.15) is 51.0 Å². The summed E-state index contributed by atoms with van der Waals surface area (Å²) in [7, 11) is 0. The molecule has 2 nitrogen and oxygen atoms in total. The van der Waals surface area contributed by atoms with Gasteiger partial charge >= 0.3 is 0 Å². The molecule has 1 aromatic carbocycles. The Balaban J connectivity index is 2.80. The Morgan fingerprint density at radius 1 is 1.26 bits per heavy atom. The molecule has 0 N–H and O–H groups in total. The molecular weight excluding hydrogens is 258 g/mol. The Morgan fingerprint density at radius 2 is 1.89 bits per heavy atom. The zero-order valence-electron chi connectivity index (χ0n) is 12.1. The lowest BCUT2D eigenvalue weighted by Crippen LogP contribution is -2.40. The van der Waals surface area contributed by atoms with Gasteiger partial charge in [-0.15, -0.1) is 11.6 Å². The number of hydrogen-bond acceptors (Lipinski definition) is 1. The minimum atomic E-state index is -0.577. The predicted octanol–water partition coefficient (Wildman–Crippen LogP) is 4.39. The molecule has 0 saturated heterocycles. The van der Waals surface area contributed by atoms with Crippen LogP contribution in [0.3, 0.4) is 0 Å². The van der Waals surface area contributed by atoms with Crippen LogP contribution in [0.5, 0.6) is 0 Å². The van der Waals surface area contributed by atoms with Gasteiger partial charge in [-0.05, 0) is 25.3 Å². The van der Waals surface area contributed by atoms with Crippen LogP contribution < -0.4 is 0 Å². The third kappa shape index (κ3) is 4.54. The average Bonchev–Trinajstić information content (AvgIpc) is 2.47. The van der Waals surface area contributed by atoms with Crippen molar-refractivity contribution in [1.82, 2.24) is 4.90 Å². The second-order valence-corrected chi connectivity index (χ2v) is 5.35. The lowest BCUT2D eigenvalue weighted by molar-refractivity contribution is -0.133. The number of hydrogen-bond donors (Lipinski definition) is 0. The molecule has 19 heavy (non-hydrogen) atoms. The molecule has 0 bridgehead atoms. The van der Waals surface area contributed by atoms with Crippen molar-refractivity contribution < 1.29 is 4.79 Å². The third-order valence-electron chi connectivity index (χ3n) is 3.47. The van der Waals surface area contributed by atoms with E-state index in [2.05, 4.69) is 20.8 Å². The van der Waals surface area contributed by atoms with E-state index in [0.29, 0.717) is 0 Å². The molecule has 0 aromatic heterocycles. The Morgan fingerprint density at radius 3 is 2.42 bits per heavy atom. The number of benzene rings is 1. The van der Waals surface area contributed by atoms with E-state index in [1.165, 1.54) is 0 Å². The Labute approximate surface area is 121 Å². The minimum Gasteiger partial charge on any atom is -0.338 e. The molecule has 0 aliphatic rings. The number of unbranched alkanes of at least 4 members (excludes halogenated alkanes) is 1. The van der Waals surface area contributed by atoms with Gasteiger partial charge in [-0.25, -0.2) is 0 Å². The molecule has 0 fully saturated rings. The summed E-state index contributed by atoms with van der Waals surface area (Å²) in [6.45, 7) is 7.11. The number of alkyl halides is 1. The van der Waals surface area contributed by atoms with E-state index < -0.39 is 5.38 Å². The molecule has 1 aromatic rings. The van der Waals surface area contributed by atoms with Gasteiger partial charge in [0.05, 0.1) is 0 Å². The second kappa shape index (κ2) is 8.21. The predicted molar refractivity (Wildman–Crippen MR) is 81.4 cm³/mol. The molecule has 0 aliphatic heterocycles. The highest BCUT2D eigenvalue weighted by Crippen LogP contribution is 2.24. The molecular formula is C16H24ClNO. The van der Waals surface area contributed by atoms with Crippen LogP contribution in [0.15, 0.2) is 30.3 Å². The number of amides is 1. The number of carbonyl (C=O) groups is 1. The first-order valence-corrected chi connectivity index (χ1v) is 7.54. The largest absolute Gasteiger partial charge is 0.338 e. The van der Waals surface area contributed by atoms with Crippen LogP contribution >= 0.6 is 11.6 Å². The first-order valence-electron chi connectivity index (χ1n) is 7.11. The Hall–Kier alpha value is -1.02. The van der Waals surface area contributed by atoms with E-state index in [-0.39, 0.29) is 11.9 Å². The number of halogens is 1. The van der Waals surface area contributed by atoms with Gasteiger partial charge in [0.1, 0.15) is 5.38 Å². The zero-order chi connectivity index (χ0) is 14.3. The highest BCUT2D eigenvalue weighted by Gasteiger charge is 2.26. The molecule has 1 rings (SSSR count). The fourth-order valence-corrected chi connectivity index (χ4v) is 2.28. The lowest BCUT2D eigenvalue weighted by Gasteiger charge is -2.30. The standard InChI is InChI=1S/C16H24ClNO/c1-4-6-12-18(13(3)5-2)16(19)15(17)14-10-8-7-9-11-14/h7-11,13,15H,4-6,12H2,1-3H3. The van der Waals surface area contributed by atoms with Gasteiger partial charge in [-0.3, -0.25) is 4.79 Å². The summed E-state index contributed by atoms with van der Waals surface area (Å²) in [5.74, 6) is 0.0238. The fourth-order valence-electron chi connectivity index (χ4n) is 2.01. The molecule has 2 atom stereocenters. The van der Waals surface area contributed by atoms with Gasteiger partial charge in [0.25, 0.3) is 0 Å². The smallest absolute Gasteiger partial charge is 0.245 e. The van der Waals surface area contributed by atoms with Crippen LogP contribution in [-0.4, -0.2) is 23.4 Å². The highest BCUT2D eigenvalue weighted by atomic mass is 35.5. The van der Waals surface area contributed by atoms with Crippen molar-refractivity contribution in [2.45, 2.75) is 51.5 Å². The third-order valence-corrected chi connectivity index (χ3v) is 3.91. The van der Waals surface area contributed by atoms with E-state index in [0.717, 1.165) is 31.4 Å². The average molecular weight is 282 g/mol. The van der Waals surface area contributed by atoms with Gasteiger partial charge in [0.2, 0.25) is 5.91 Å². The van der Waals surface area contributed by atoms with Crippen molar-refractivity contribution in [3.8, 4) is 0 Å². The van der Waals surface area contributed by atoms with Crippen molar-refractivity contribution >= 4 is 17.5 Å². The minimum absolute atomic E-state index is 0.0238. The normalized spacial score (nSPS) is 13.9. The van der Waals surface area contributed by atoms with E-state index >= 15 is 0 Å². The Kier molecular flexibility index (Phi) is 6.93. The molecule has 1 amide bonds. The summed E-state index contributed by atoms with van der Waals surface area (Å²) >= 11 is 6.34. The van der Waals surface area contributed by atoms with Gasteiger partial charge < -0.3 is 4.90 Å². The number of carbonyl (C=O) groups excluding carboxylic acids is 1. The van der Waals surface area contributed by atoms with Crippen molar-refractivity contribution in [3.63, 3.8) is 0 Å². The summed E-state index contributed by atoms with van der Waals surface area (Å²) in [6.07, 6.45) is 3.06. The van der Waals surface area contributed by atoms with Crippen LogP contribution in [0, 0.1) is 0 Å². The molecule has 3 heteroatoms. The summed E-state index contributed by atoms with van der Waals surface area (Å²) in [5.41, 5.74) is 0.874. The molecule has 2 unspecified atom stereocenters. The van der Waals surface area contributed by atoms with Gasteiger partial charge in [-0.2, -0.15) is 0 Å². The molecule has 0 spiro atoms. The van der Waals surface area contributed by atoms with Crippen LogP contribution in [0.4, 0.5) is 0 Å². The van der Waals surface area contributed by atoms with Crippen LogP contribution in [0.25, 0.3) is 0 Å². The van der Waals surface area contributed by atoms with Crippen LogP contribution in [-0.2, 0) is 4.79 Å². The fraction of sp³-hybridized carbons (Fsp3) is 0.562. The first kappa shape index (κ1) is 16.0. The molecule has 0 radical (unpaired) electrons. The van der Waals surface area contributed by atoms with E-state index in [9.17, 15) is 4.79 Å². The number of rotatable bonds is 7. The maximum Gasteiger partial charge on any atom is 0.245 e. The maximum atomic E-state index is 12.5. The number of nitrogens with zero attached hydrogens (tertiary/aromatic N) is 1. The lowest BCUT2D eigenvalue weighted by atomic mass is 10.1. The topological polar surface area (TPSA) is 20.3 Å². The summed E-state index contributed by atoms with van der Waals surface area (Å²) < 4.78 is 0. The zero-order valence-corrected chi connectivity index (χ0v) is 12.9. The monoisotopic (exact) mass is 281 g/mol.